The number of phenolic OH excluding ortho intramolecular Hbond substituents is 1. The third kappa shape index (κ3) is 3.59. The number of halogens is 2. The zero-order valence-corrected chi connectivity index (χ0v) is 15.9. The summed E-state index contributed by atoms with van der Waals surface area (Å²) in [5.41, 5.74) is 8.59. The number of ether oxygens (including phenoxy) is 1. The van der Waals surface area contributed by atoms with Gasteiger partial charge in [0, 0.05) is 10.0 Å². The van der Waals surface area contributed by atoms with E-state index in [-0.39, 0.29) is 22.9 Å². The molecule has 0 aliphatic rings. The number of nitrogens with zero attached hydrogens (tertiary/aromatic N) is 1. The molecule has 3 aromatic carbocycles. The van der Waals surface area contributed by atoms with Crippen LogP contribution in [0.1, 0.15) is 5.56 Å². The Morgan fingerprint density at radius 1 is 1.07 bits per heavy atom. The van der Waals surface area contributed by atoms with Gasteiger partial charge in [0.2, 0.25) is 0 Å². The predicted octanol–water partition coefficient (Wildman–Crippen LogP) is 4.73. The summed E-state index contributed by atoms with van der Waals surface area (Å²) in [5.74, 6) is -0.661. The maximum atomic E-state index is 14.2. The van der Waals surface area contributed by atoms with Crippen molar-refractivity contribution >= 4 is 21.8 Å². The largest absolute Gasteiger partial charge is 0.507 e. The van der Waals surface area contributed by atoms with E-state index in [0.717, 1.165) is 15.6 Å². The van der Waals surface area contributed by atoms with Gasteiger partial charge in [-0.1, -0.05) is 45.4 Å². The molecule has 3 aromatic rings. The van der Waals surface area contributed by atoms with Crippen molar-refractivity contribution in [3.63, 3.8) is 0 Å². The Morgan fingerprint density at radius 2 is 1.85 bits per heavy atom. The van der Waals surface area contributed by atoms with Gasteiger partial charge in [0.1, 0.15) is 5.75 Å². The Balaban J connectivity index is 2.28. The first-order chi connectivity index (χ1) is 13.0. The number of methoxy groups -OCH3 is 1. The van der Waals surface area contributed by atoms with Crippen molar-refractivity contribution in [3.05, 3.63) is 70.5 Å². The minimum Gasteiger partial charge on any atom is -0.507 e. The van der Waals surface area contributed by atoms with Crippen LogP contribution in [0.5, 0.6) is 11.5 Å². The summed E-state index contributed by atoms with van der Waals surface area (Å²) >= 11 is 3.45. The average Bonchev–Trinajstić information content (AvgIpc) is 2.67. The lowest BCUT2D eigenvalue weighted by atomic mass is 9.93. The molecule has 0 saturated carbocycles. The Morgan fingerprint density at radius 3 is 2.56 bits per heavy atom. The molecule has 0 fully saturated rings. The summed E-state index contributed by atoms with van der Waals surface area (Å²) in [6.07, 6.45) is 0. The molecule has 0 aliphatic heterocycles. The van der Waals surface area contributed by atoms with E-state index in [1.54, 1.807) is 24.3 Å². The number of nitrogens with two attached hydrogens (primary N) is 1. The smallest absolute Gasteiger partial charge is 0.173 e. The summed E-state index contributed by atoms with van der Waals surface area (Å²) in [4.78, 5) is 0. The Hall–Kier alpha value is -3.06. The molecule has 0 heterocycles. The molecule has 0 radical (unpaired) electrons. The van der Waals surface area contributed by atoms with E-state index in [4.69, 9.17) is 15.7 Å². The number of phenols is 1. The Kier molecular flexibility index (Phi) is 5.32. The number of hydrogen-bond acceptors (Lipinski definition) is 4. The highest BCUT2D eigenvalue weighted by Gasteiger charge is 2.17. The van der Waals surface area contributed by atoms with Crippen LogP contribution in [-0.2, 0) is 0 Å². The number of amidine groups is 1. The number of benzene rings is 3. The highest BCUT2D eigenvalue weighted by molar-refractivity contribution is 9.10. The van der Waals surface area contributed by atoms with Gasteiger partial charge in [-0.05, 0) is 47.0 Å². The summed E-state index contributed by atoms with van der Waals surface area (Å²) in [5, 5.41) is 21.9. The zero-order valence-electron chi connectivity index (χ0n) is 14.3. The molecule has 0 aliphatic carbocycles. The van der Waals surface area contributed by atoms with Crippen LogP contribution in [0.2, 0.25) is 0 Å². The fraction of sp³-hybridized carbons (Fsp3) is 0.0500. The minimum atomic E-state index is -0.466. The van der Waals surface area contributed by atoms with Crippen molar-refractivity contribution in [2.45, 2.75) is 0 Å². The quantitative estimate of drug-likeness (QED) is 0.241. The van der Waals surface area contributed by atoms with E-state index < -0.39 is 5.82 Å². The third-order valence-electron chi connectivity index (χ3n) is 4.13. The van der Waals surface area contributed by atoms with Crippen molar-refractivity contribution in [1.29, 1.82) is 0 Å². The molecule has 27 heavy (non-hydrogen) atoms. The molecule has 138 valence electrons. The lowest BCUT2D eigenvalue weighted by Gasteiger charge is -2.15. The lowest BCUT2D eigenvalue weighted by molar-refractivity contribution is 0.318. The summed E-state index contributed by atoms with van der Waals surface area (Å²) in [7, 11) is 1.41. The van der Waals surface area contributed by atoms with Gasteiger partial charge < -0.3 is 20.8 Å². The van der Waals surface area contributed by atoms with Crippen LogP contribution in [0.3, 0.4) is 0 Å². The van der Waals surface area contributed by atoms with Crippen LogP contribution in [0.4, 0.5) is 4.39 Å². The zero-order chi connectivity index (χ0) is 19.6. The molecule has 0 atom stereocenters. The summed E-state index contributed by atoms with van der Waals surface area (Å²) < 4.78 is 20.3. The molecule has 0 spiro atoms. The fourth-order valence-electron chi connectivity index (χ4n) is 2.88. The van der Waals surface area contributed by atoms with E-state index in [9.17, 15) is 9.50 Å². The van der Waals surface area contributed by atoms with Crippen LogP contribution in [0.25, 0.3) is 22.3 Å². The highest BCUT2D eigenvalue weighted by Crippen LogP contribution is 2.40. The lowest BCUT2D eigenvalue weighted by Crippen LogP contribution is -2.13. The number of para-hydroxylation sites is 1. The van der Waals surface area contributed by atoms with Crippen LogP contribution in [0, 0.1) is 5.82 Å². The van der Waals surface area contributed by atoms with Gasteiger partial charge in [-0.2, -0.15) is 0 Å². The summed E-state index contributed by atoms with van der Waals surface area (Å²) in [6.45, 7) is 0. The van der Waals surface area contributed by atoms with Crippen LogP contribution < -0.4 is 10.5 Å². The first kappa shape index (κ1) is 18.7. The standard InChI is InChI=1S/C20H16BrFN2O3/c1-27-19-14(3-2-4-17(19)22)13-7-6-12(21)10-15(13)11-5-8-18(25)16(9-11)20(23)24-26/h2-10,25-26H,1H3,(H2,23,24). The second kappa shape index (κ2) is 7.67. The molecule has 0 bridgehead atoms. The number of oxime groups is 1. The average molecular weight is 431 g/mol. The minimum absolute atomic E-state index is 0.117. The number of aromatic hydroxyl groups is 1. The van der Waals surface area contributed by atoms with E-state index in [2.05, 4.69) is 21.1 Å². The van der Waals surface area contributed by atoms with Crippen molar-refractivity contribution in [1.82, 2.24) is 0 Å². The van der Waals surface area contributed by atoms with Gasteiger partial charge in [-0.25, -0.2) is 4.39 Å². The first-order valence-electron chi connectivity index (χ1n) is 7.90. The van der Waals surface area contributed by atoms with Crippen molar-refractivity contribution in [3.8, 4) is 33.8 Å². The molecule has 4 N–H and O–H groups in total. The molecular formula is C20H16BrFN2O3. The van der Waals surface area contributed by atoms with E-state index >= 15 is 0 Å². The van der Waals surface area contributed by atoms with Crippen molar-refractivity contribution in [2.75, 3.05) is 7.11 Å². The topological polar surface area (TPSA) is 88.1 Å². The second-order valence-electron chi connectivity index (χ2n) is 5.73. The molecule has 5 nitrogen and oxygen atoms in total. The molecule has 7 heteroatoms. The van der Waals surface area contributed by atoms with Crippen LogP contribution in [-0.4, -0.2) is 23.3 Å². The number of hydrogen-bond donors (Lipinski definition) is 3. The molecule has 3 rings (SSSR count). The van der Waals surface area contributed by atoms with Gasteiger partial charge in [-0.15, -0.1) is 0 Å². The molecule has 0 saturated heterocycles. The van der Waals surface area contributed by atoms with Crippen LogP contribution in [0.15, 0.2) is 64.2 Å². The maximum Gasteiger partial charge on any atom is 0.173 e. The van der Waals surface area contributed by atoms with Crippen molar-refractivity contribution in [2.24, 2.45) is 10.9 Å². The maximum absolute atomic E-state index is 14.2. The van der Waals surface area contributed by atoms with E-state index in [1.807, 2.05) is 18.2 Å². The van der Waals surface area contributed by atoms with Crippen LogP contribution >= 0.6 is 15.9 Å². The fourth-order valence-corrected chi connectivity index (χ4v) is 3.24. The second-order valence-corrected chi connectivity index (χ2v) is 6.64. The predicted molar refractivity (Wildman–Crippen MR) is 106 cm³/mol. The molecule has 0 amide bonds. The van der Waals surface area contributed by atoms with Crippen molar-refractivity contribution < 1.29 is 19.4 Å². The third-order valence-corrected chi connectivity index (χ3v) is 4.63. The Bertz CT molecular complexity index is 1040. The normalized spacial score (nSPS) is 11.4. The van der Waals surface area contributed by atoms with Gasteiger partial charge >= 0.3 is 0 Å². The highest BCUT2D eigenvalue weighted by atomic mass is 79.9. The first-order valence-corrected chi connectivity index (χ1v) is 8.69. The molecule has 0 unspecified atom stereocenters. The van der Waals surface area contributed by atoms with Gasteiger partial charge in [0.15, 0.2) is 17.4 Å². The monoisotopic (exact) mass is 430 g/mol. The SMILES string of the molecule is COc1c(F)cccc1-c1ccc(Br)cc1-c1ccc(O)c(C(N)=NO)c1. The molecule has 0 aromatic heterocycles. The number of rotatable bonds is 4. The van der Waals surface area contributed by atoms with E-state index in [0.29, 0.717) is 11.1 Å². The van der Waals surface area contributed by atoms with Gasteiger partial charge in [-0.3, -0.25) is 0 Å². The van der Waals surface area contributed by atoms with Gasteiger partial charge in [0.05, 0.1) is 12.7 Å². The van der Waals surface area contributed by atoms with E-state index in [1.165, 1.54) is 19.2 Å². The summed E-state index contributed by atoms with van der Waals surface area (Å²) in [6, 6.07) is 15.0. The van der Waals surface area contributed by atoms with Gasteiger partial charge in [0.25, 0.3) is 0 Å². The molecular weight excluding hydrogens is 415 g/mol. The Labute approximate surface area is 163 Å².